The lowest BCUT2D eigenvalue weighted by atomic mass is 9.78. The van der Waals surface area contributed by atoms with Crippen LogP contribution in [0.5, 0.6) is 0 Å². The topological polar surface area (TPSA) is 18.5 Å². The second-order valence-electron chi connectivity index (χ2n) is 7.71. The van der Waals surface area contributed by atoms with Crippen molar-refractivity contribution >= 4 is 0 Å². The van der Waals surface area contributed by atoms with Crippen LogP contribution in [0.1, 0.15) is 56.1 Å². The van der Waals surface area contributed by atoms with Crippen molar-refractivity contribution in [3.8, 4) is 0 Å². The molecule has 0 atom stereocenters. The maximum Gasteiger partial charge on any atom is 0.266 e. The lowest BCUT2D eigenvalue weighted by Crippen LogP contribution is -2.37. The van der Waals surface area contributed by atoms with Crippen molar-refractivity contribution in [2.75, 3.05) is 13.2 Å². The van der Waals surface area contributed by atoms with Crippen LogP contribution in [0, 0.1) is 11.8 Å². The molecule has 148 valence electrons. The zero-order valence-corrected chi connectivity index (χ0v) is 16.1. The van der Waals surface area contributed by atoms with Gasteiger partial charge in [-0.05, 0) is 68.6 Å². The van der Waals surface area contributed by atoms with E-state index in [1.807, 2.05) is 6.92 Å². The van der Waals surface area contributed by atoms with Crippen molar-refractivity contribution in [3.05, 3.63) is 59.7 Å². The maximum absolute atomic E-state index is 12.1. The predicted octanol–water partition coefficient (Wildman–Crippen LogP) is 6.24. The van der Waals surface area contributed by atoms with Crippen LogP contribution in [0.4, 0.5) is 8.78 Å². The van der Waals surface area contributed by atoms with E-state index in [1.165, 1.54) is 5.56 Å². The molecule has 0 spiro atoms. The van der Waals surface area contributed by atoms with Crippen molar-refractivity contribution in [2.45, 2.75) is 57.7 Å². The van der Waals surface area contributed by atoms with Gasteiger partial charge in [0.15, 0.2) is 6.29 Å². The van der Waals surface area contributed by atoms with E-state index in [4.69, 9.17) is 9.47 Å². The van der Waals surface area contributed by atoms with E-state index >= 15 is 0 Å². The third kappa shape index (κ3) is 5.98. The van der Waals surface area contributed by atoms with Crippen LogP contribution < -0.4 is 0 Å². The van der Waals surface area contributed by atoms with Gasteiger partial charge in [-0.25, -0.2) is 0 Å². The van der Waals surface area contributed by atoms with Crippen LogP contribution >= 0.6 is 0 Å². The van der Waals surface area contributed by atoms with Crippen LogP contribution in [-0.4, -0.2) is 19.5 Å². The van der Waals surface area contributed by atoms with E-state index in [2.05, 4.69) is 36.4 Å². The van der Waals surface area contributed by atoms with Gasteiger partial charge in [-0.15, -0.1) is 0 Å². The number of hydrogen-bond donors (Lipinski definition) is 0. The molecule has 1 saturated heterocycles. The second-order valence-corrected chi connectivity index (χ2v) is 7.71. The fraction of sp³-hybridized carbons (Fsp3) is 0.565. The quantitative estimate of drug-likeness (QED) is 0.547. The summed E-state index contributed by atoms with van der Waals surface area (Å²) in [6.07, 6.45) is 9.19. The van der Waals surface area contributed by atoms with Gasteiger partial charge in [-0.3, -0.25) is 0 Å². The summed E-state index contributed by atoms with van der Waals surface area (Å²) in [5.41, 5.74) is 2.48. The number of ether oxygens (including phenoxy) is 2. The molecule has 2 aliphatic rings. The van der Waals surface area contributed by atoms with E-state index in [0.717, 1.165) is 50.5 Å². The molecule has 4 heteroatoms. The molecule has 0 aromatic heterocycles. The first kappa shape index (κ1) is 20.2. The molecule has 0 amide bonds. The van der Waals surface area contributed by atoms with Gasteiger partial charge >= 0.3 is 0 Å². The number of halogens is 2. The number of rotatable bonds is 6. The third-order valence-electron chi connectivity index (χ3n) is 5.75. The molecule has 3 rings (SSSR count). The van der Waals surface area contributed by atoms with Crippen molar-refractivity contribution in [2.24, 2.45) is 11.8 Å². The van der Waals surface area contributed by atoms with E-state index < -0.39 is 6.08 Å². The summed E-state index contributed by atoms with van der Waals surface area (Å²) >= 11 is 0. The van der Waals surface area contributed by atoms with Crippen molar-refractivity contribution < 1.29 is 18.3 Å². The summed E-state index contributed by atoms with van der Waals surface area (Å²) in [4.78, 5) is 0. The van der Waals surface area contributed by atoms with Gasteiger partial charge in [-0.2, -0.15) is 8.78 Å². The zero-order valence-electron chi connectivity index (χ0n) is 16.1. The fourth-order valence-corrected chi connectivity index (χ4v) is 4.22. The summed E-state index contributed by atoms with van der Waals surface area (Å²) in [5.74, 6) is 1.46. The third-order valence-corrected chi connectivity index (χ3v) is 5.75. The van der Waals surface area contributed by atoms with Crippen LogP contribution in [0.25, 0.3) is 0 Å². The minimum Gasteiger partial charge on any atom is -0.352 e. The first-order valence-corrected chi connectivity index (χ1v) is 10.1. The van der Waals surface area contributed by atoms with Gasteiger partial charge in [0.25, 0.3) is 6.08 Å². The first-order chi connectivity index (χ1) is 13.2. The Bertz CT molecular complexity index is 618. The Labute approximate surface area is 161 Å². The predicted molar refractivity (Wildman–Crippen MR) is 104 cm³/mol. The maximum atomic E-state index is 12.1. The molecule has 2 fully saturated rings. The normalized spacial score (nSPS) is 29.0. The minimum atomic E-state index is -1.59. The van der Waals surface area contributed by atoms with E-state index in [0.29, 0.717) is 30.6 Å². The molecule has 1 aliphatic heterocycles. The van der Waals surface area contributed by atoms with Crippen molar-refractivity contribution in [3.63, 3.8) is 0 Å². The van der Waals surface area contributed by atoms with Crippen LogP contribution in [0.2, 0.25) is 0 Å². The molecular weight excluding hydrogens is 346 g/mol. The summed E-state index contributed by atoms with van der Waals surface area (Å²) in [6.45, 7) is 3.55. The average molecular weight is 376 g/mol. The van der Waals surface area contributed by atoms with Gasteiger partial charge < -0.3 is 9.47 Å². The SMILES string of the molecule is CC=CC1COC(C2CCC(c3ccc(CCC=C(F)F)cc3)CC2)OC1. The summed E-state index contributed by atoms with van der Waals surface area (Å²) in [6, 6.07) is 8.51. The van der Waals surface area contributed by atoms with Crippen LogP contribution in [-0.2, 0) is 15.9 Å². The van der Waals surface area contributed by atoms with Gasteiger partial charge in [-0.1, -0.05) is 36.4 Å². The molecule has 1 aromatic rings. The summed E-state index contributed by atoms with van der Waals surface area (Å²) < 4.78 is 36.1. The summed E-state index contributed by atoms with van der Waals surface area (Å²) in [5, 5.41) is 0. The summed E-state index contributed by atoms with van der Waals surface area (Å²) in [7, 11) is 0. The zero-order chi connectivity index (χ0) is 19.1. The Balaban J connectivity index is 1.44. The Kier molecular flexibility index (Phi) is 7.59. The molecule has 0 N–H and O–H groups in total. The molecule has 27 heavy (non-hydrogen) atoms. The number of aryl methyl sites for hydroxylation is 1. The fourth-order valence-electron chi connectivity index (χ4n) is 4.22. The molecule has 1 saturated carbocycles. The highest BCUT2D eigenvalue weighted by atomic mass is 19.3. The molecule has 1 aliphatic carbocycles. The smallest absolute Gasteiger partial charge is 0.266 e. The standard InChI is InChI=1S/C23H30F2O2/c1-2-4-18-15-26-23(27-16-18)21-13-11-20(12-14-21)19-9-7-17(8-10-19)5-3-6-22(24)25/h2,4,6-10,18,20-21,23H,3,5,11-16H2,1H3. The number of benzene rings is 1. The molecule has 1 heterocycles. The largest absolute Gasteiger partial charge is 0.352 e. The van der Waals surface area contributed by atoms with Gasteiger partial charge in [0.1, 0.15) is 0 Å². The molecular formula is C23H30F2O2. The Hall–Kier alpha value is -1.52. The van der Waals surface area contributed by atoms with Crippen molar-refractivity contribution in [1.29, 1.82) is 0 Å². The Morgan fingerprint density at radius 2 is 1.70 bits per heavy atom. The highest BCUT2D eigenvalue weighted by Gasteiger charge is 2.32. The second kappa shape index (κ2) is 10.1. The Morgan fingerprint density at radius 1 is 1.04 bits per heavy atom. The van der Waals surface area contributed by atoms with E-state index in [9.17, 15) is 8.78 Å². The Morgan fingerprint density at radius 3 is 2.30 bits per heavy atom. The average Bonchev–Trinajstić information content (AvgIpc) is 2.69. The van der Waals surface area contributed by atoms with Gasteiger partial charge in [0.05, 0.1) is 13.2 Å². The highest BCUT2D eigenvalue weighted by molar-refractivity contribution is 5.26. The number of allylic oxidation sites excluding steroid dienone is 2. The van der Waals surface area contributed by atoms with Gasteiger partial charge in [0.2, 0.25) is 0 Å². The first-order valence-electron chi connectivity index (χ1n) is 10.1. The molecule has 1 aromatic carbocycles. The molecule has 2 nitrogen and oxygen atoms in total. The van der Waals surface area contributed by atoms with Crippen LogP contribution in [0.3, 0.4) is 0 Å². The minimum absolute atomic E-state index is 0.0428. The highest BCUT2D eigenvalue weighted by Crippen LogP contribution is 2.39. The molecule has 0 unspecified atom stereocenters. The molecule has 0 bridgehead atoms. The van der Waals surface area contributed by atoms with Crippen LogP contribution in [0.15, 0.2) is 48.6 Å². The lowest BCUT2D eigenvalue weighted by Gasteiger charge is -2.37. The van der Waals surface area contributed by atoms with E-state index in [1.54, 1.807) is 0 Å². The van der Waals surface area contributed by atoms with Crippen molar-refractivity contribution in [1.82, 2.24) is 0 Å². The monoisotopic (exact) mass is 376 g/mol. The number of hydrogen-bond acceptors (Lipinski definition) is 2. The van der Waals surface area contributed by atoms with Gasteiger partial charge in [0, 0.05) is 11.8 Å². The van der Waals surface area contributed by atoms with E-state index in [-0.39, 0.29) is 6.29 Å². The molecule has 0 radical (unpaired) electrons. The lowest BCUT2D eigenvalue weighted by molar-refractivity contribution is -0.222.